The Morgan fingerprint density at radius 1 is 1.00 bits per heavy atom. The van der Waals surface area contributed by atoms with Crippen molar-refractivity contribution in [1.82, 2.24) is 10.6 Å². The third kappa shape index (κ3) is 3.68. The number of benzene rings is 2. The number of hydrogen-bond donors (Lipinski definition) is 2. The van der Waals surface area contributed by atoms with Crippen molar-refractivity contribution in [1.29, 1.82) is 0 Å². The summed E-state index contributed by atoms with van der Waals surface area (Å²) in [6, 6.07) is 14.4. The summed E-state index contributed by atoms with van der Waals surface area (Å²) in [5, 5.41) is 9.15. The molecule has 31 heavy (non-hydrogen) atoms. The number of carbonyl (C=O) groups excluding carboxylic acids is 1. The third-order valence-electron chi connectivity index (χ3n) is 7.73. The third-order valence-corrected chi connectivity index (χ3v) is 8.54. The van der Waals surface area contributed by atoms with Crippen LogP contribution >= 0.6 is 34.8 Å². The van der Waals surface area contributed by atoms with Crippen LogP contribution in [0.1, 0.15) is 62.0 Å². The summed E-state index contributed by atoms with van der Waals surface area (Å²) in [6.07, 6.45) is 5.21. The Kier molecular flexibility index (Phi) is 5.75. The second-order valence-electron chi connectivity index (χ2n) is 9.42. The molecule has 0 aromatic heterocycles. The number of hydrogen-bond acceptors (Lipinski definition) is 2. The van der Waals surface area contributed by atoms with Crippen molar-refractivity contribution in [3.63, 3.8) is 0 Å². The summed E-state index contributed by atoms with van der Waals surface area (Å²) in [5.41, 5.74) is 1.77. The molecule has 3 fully saturated rings. The van der Waals surface area contributed by atoms with Gasteiger partial charge in [0.2, 0.25) is 5.91 Å². The molecule has 0 unspecified atom stereocenters. The van der Waals surface area contributed by atoms with Gasteiger partial charge in [-0.25, -0.2) is 0 Å². The Balaban J connectivity index is 1.62. The molecule has 5 atom stereocenters. The topological polar surface area (TPSA) is 41.1 Å². The molecule has 2 aromatic carbocycles. The first-order chi connectivity index (χ1) is 14.9. The summed E-state index contributed by atoms with van der Waals surface area (Å²) in [6.45, 7) is 2.14. The van der Waals surface area contributed by atoms with Gasteiger partial charge in [-0.15, -0.1) is 0 Å². The normalized spacial score (nSPS) is 33.0. The van der Waals surface area contributed by atoms with Crippen molar-refractivity contribution in [2.75, 3.05) is 0 Å². The van der Waals surface area contributed by atoms with Crippen LogP contribution in [-0.4, -0.2) is 23.5 Å². The fourth-order valence-corrected chi connectivity index (χ4v) is 6.82. The lowest BCUT2D eigenvalue weighted by Gasteiger charge is -2.50. The molecular formula is C25H27Cl3N2O. The fraction of sp³-hybridized carbons (Fsp3) is 0.480. The molecule has 1 aliphatic heterocycles. The first-order valence-electron chi connectivity index (χ1n) is 11.2. The van der Waals surface area contributed by atoms with Gasteiger partial charge in [0.15, 0.2) is 0 Å². The smallest absolute Gasteiger partial charge is 0.240 e. The maximum Gasteiger partial charge on any atom is 0.240 e. The van der Waals surface area contributed by atoms with Crippen LogP contribution in [0.4, 0.5) is 0 Å². The summed E-state index contributed by atoms with van der Waals surface area (Å²) in [5.74, 6) is 0.595. The maximum absolute atomic E-state index is 13.4. The van der Waals surface area contributed by atoms with Gasteiger partial charge in [-0.05, 0) is 79.8 Å². The highest BCUT2D eigenvalue weighted by molar-refractivity contribution is 6.35. The number of amides is 1. The highest BCUT2D eigenvalue weighted by atomic mass is 35.5. The van der Waals surface area contributed by atoms with Crippen LogP contribution in [0.2, 0.25) is 15.1 Å². The van der Waals surface area contributed by atoms with Crippen molar-refractivity contribution in [3.05, 3.63) is 68.7 Å². The van der Waals surface area contributed by atoms with E-state index in [0.717, 1.165) is 31.2 Å². The second-order valence-corrected chi connectivity index (χ2v) is 10.7. The van der Waals surface area contributed by atoms with Crippen LogP contribution < -0.4 is 10.6 Å². The SMILES string of the molecule is C[C@H]1NC(=O)[C@]2(NC3CCC3)CC[C@@H](c3ccc(Cl)cc3Cl)[C@H](c3ccc(Cl)cc3)[C@H]12. The highest BCUT2D eigenvalue weighted by Gasteiger charge is 2.61. The molecule has 6 heteroatoms. The molecule has 5 rings (SSSR count). The van der Waals surface area contributed by atoms with Gasteiger partial charge in [-0.1, -0.05) is 59.4 Å². The van der Waals surface area contributed by atoms with Gasteiger partial charge in [-0.3, -0.25) is 4.79 Å². The Morgan fingerprint density at radius 2 is 1.71 bits per heavy atom. The zero-order chi connectivity index (χ0) is 21.8. The lowest BCUT2D eigenvalue weighted by atomic mass is 9.58. The van der Waals surface area contributed by atoms with Crippen molar-refractivity contribution >= 4 is 40.7 Å². The minimum Gasteiger partial charge on any atom is -0.352 e. The minimum atomic E-state index is -0.537. The fourth-order valence-electron chi connectivity index (χ4n) is 6.14. The van der Waals surface area contributed by atoms with Crippen LogP contribution in [0.5, 0.6) is 0 Å². The van der Waals surface area contributed by atoms with Gasteiger partial charge in [0.1, 0.15) is 5.54 Å². The molecule has 2 N–H and O–H groups in total. The van der Waals surface area contributed by atoms with Gasteiger partial charge in [0, 0.05) is 33.1 Å². The first kappa shape index (κ1) is 21.6. The summed E-state index contributed by atoms with van der Waals surface area (Å²) in [4.78, 5) is 13.4. The molecule has 0 spiro atoms. The van der Waals surface area contributed by atoms with Crippen LogP contribution in [0.3, 0.4) is 0 Å². The van der Waals surface area contributed by atoms with Crippen molar-refractivity contribution in [3.8, 4) is 0 Å². The van der Waals surface area contributed by atoms with Gasteiger partial charge in [-0.2, -0.15) is 0 Å². The summed E-state index contributed by atoms with van der Waals surface area (Å²) < 4.78 is 0. The molecule has 2 aliphatic carbocycles. The standard InChI is InChI=1S/C25H27Cl3N2O/c1-14-23-22(15-5-7-16(26)8-6-15)20(19-10-9-17(27)13-21(19)28)11-12-25(23,24(31)29-14)30-18-3-2-4-18/h5-10,13-14,18,20,22-23,30H,2-4,11-12H2,1H3,(H,29,31)/t14-,20+,22+,23+,25+/m1/s1. The lowest BCUT2D eigenvalue weighted by Crippen LogP contribution is -2.63. The molecule has 3 nitrogen and oxygen atoms in total. The summed E-state index contributed by atoms with van der Waals surface area (Å²) >= 11 is 19.1. The van der Waals surface area contributed by atoms with Gasteiger partial charge in [0.05, 0.1) is 0 Å². The monoisotopic (exact) mass is 476 g/mol. The Hall–Kier alpha value is -1.26. The van der Waals surface area contributed by atoms with Crippen LogP contribution in [0.25, 0.3) is 0 Å². The molecule has 2 saturated carbocycles. The Morgan fingerprint density at radius 3 is 2.35 bits per heavy atom. The van der Waals surface area contributed by atoms with E-state index < -0.39 is 5.54 Å². The average molecular weight is 478 g/mol. The number of rotatable bonds is 4. The predicted molar refractivity (Wildman–Crippen MR) is 127 cm³/mol. The van der Waals surface area contributed by atoms with Crippen molar-refractivity contribution in [2.45, 2.75) is 68.5 Å². The van der Waals surface area contributed by atoms with Crippen LogP contribution in [0, 0.1) is 5.92 Å². The van der Waals surface area contributed by atoms with E-state index in [1.807, 2.05) is 24.3 Å². The zero-order valence-corrected chi connectivity index (χ0v) is 19.8. The molecule has 0 bridgehead atoms. The predicted octanol–water partition coefficient (Wildman–Crippen LogP) is 6.32. The molecule has 1 heterocycles. The van der Waals surface area contributed by atoms with Gasteiger partial charge >= 0.3 is 0 Å². The van der Waals surface area contributed by atoms with E-state index in [-0.39, 0.29) is 29.7 Å². The van der Waals surface area contributed by atoms with E-state index in [4.69, 9.17) is 34.8 Å². The first-order valence-corrected chi connectivity index (χ1v) is 12.3. The Bertz CT molecular complexity index is 991. The quantitative estimate of drug-likeness (QED) is 0.541. The van der Waals surface area contributed by atoms with Crippen LogP contribution in [0.15, 0.2) is 42.5 Å². The van der Waals surface area contributed by atoms with E-state index in [0.29, 0.717) is 21.1 Å². The van der Waals surface area contributed by atoms with Gasteiger partial charge in [0.25, 0.3) is 0 Å². The van der Waals surface area contributed by atoms with E-state index in [1.54, 1.807) is 0 Å². The number of fused-ring (bicyclic) bond motifs is 1. The summed E-state index contributed by atoms with van der Waals surface area (Å²) in [7, 11) is 0. The van der Waals surface area contributed by atoms with Gasteiger partial charge < -0.3 is 10.6 Å². The maximum atomic E-state index is 13.4. The molecule has 3 aliphatic rings. The molecule has 0 radical (unpaired) electrons. The van der Waals surface area contributed by atoms with Crippen LogP contribution in [-0.2, 0) is 4.79 Å². The number of nitrogens with one attached hydrogen (secondary N) is 2. The van der Waals surface area contributed by atoms with Crippen molar-refractivity contribution in [2.24, 2.45) is 5.92 Å². The van der Waals surface area contributed by atoms with Crippen molar-refractivity contribution < 1.29 is 4.79 Å². The molecule has 2 aromatic rings. The highest BCUT2D eigenvalue weighted by Crippen LogP contribution is 2.56. The molecule has 164 valence electrons. The minimum absolute atomic E-state index is 0.0645. The van der Waals surface area contributed by atoms with E-state index >= 15 is 0 Å². The lowest BCUT2D eigenvalue weighted by molar-refractivity contribution is -0.127. The Labute approximate surface area is 198 Å². The molecule has 1 saturated heterocycles. The van der Waals surface area contributed by atoms with E-state index in [2.05, 4.69) is 35.8 Å². The largest absolute Gasteiger partial charge is 0.352 e. The molecular weight excluding hydrogens is 451 g/mol. The zero-order valence-electron chi connectivity index (χ0n) is 17.5. The molecule has 1 amide bonds. The average Bonchev–Trinajstić information content (AvgIpc) is 2.95. The number of carbonyl (C=O) groups is 1. The second kappa shape index (κ2) is 8.26. The van der Waals surface area contributed by atoms with E-state index in [1.165, 1.54) is 12.0 Å². The van der Waals surface area contributed by atoms with E-state index in [9.17, 15) is 4.79 Å². The number of halogens is 3.